The van der Waals surface area contributed by atoms with Crippen molar-refractivity contribution >= 4 is 0 Å². The van der Waals surface area contributed by atoms with Crippen molar-refractivity contribution in [2.24, 2.45) is 5.92 Å². The van der Waals surface area contributed by atoms with Crippen LogP contribution in [0.4, 0.5) is 0 Å². The first-order chi connectivity index (χ1) is 7.84. The first kappa shape index (κ1) is 10.3. The molecule has 2 fully saturated rings. The minimum Gasteiger partial charge on any atom is -0.377 e. The molecule has 2 aliphatic rings. The van der Waals surface area contributed by atoms with E-state index in [0.717, 1.165) is 6.61 Å². The van der Waals surface area contributed by atoms with Gasteiger partial charge in [0, 0.05) is 5.41 Å². The summed E-state index contributed by atoms with van der Waals surface area (Å²) in [6, 6.07) is 11.0. The number of fused-ring (bicyclic) bond motifs is 1. The first-order valence-corrected chi connectivity index (χ1v) is 6.51. The van der Waals surface area contributed by atoms with Crippen molar-refractivity contribution in [1.29, 1.82) is 0 Å². The number of rotatable bonds is 1. The molecule has 0 radical (unpaired) electrons. The van der Waals surface area contributed by atoms with Gasteiger partial charge in [-0.25, -0.2) is 0 Å². The lowest BCUT2D eigenvalue weighted by Gasteiger charge is -2.41. The smallest absolute Gasteiger partial charge is 0.0675 e. The van der Waals surface area contributed by atoms with Gasteiger partial charge in [0.15, 0.2) is 0 Å². The average Bonchev–Trinajstić information content (AvgIpc) is 2.70. The molecular formula is C15H20O. The fraction of sp³-hybridized carbons (Fsp3) is 0.600. The average molecular weight is 216 g/mol. The second-order valence-corrected chi connectivity index (χ2v) is 5.38. The molecule has 1 aromatic carbocycles. The Labute approximate surface area is 97.8 Å². The zero-order chi connectivity index (χ0) is 11.0. The maximum absolute atomic E-state index is 6.03. The third kappa shape index (κ3) is 1.34. The second-order valence-electron chi connectivity index (χ2n) is 5.38. The quantitative estimate of drug-likeness (QED) is 0.697. The Morgan fingerprint density at radius 1 is 1.19 bits per heavy atom. The highest BCUT2D eigenvalue weighted by Crippen LogP contribution is 2.50. The molecule has 1 nitrogen and oxygen atoms in total. The number of benzene rings is 1. The van der Waals surface area contributed by atoms with Gasteiger partial charge in [0.1, 0.15) is 0 Å². The lowest BCUT2D eigenvalue weighted by atomic mass is 9.62. The van der Waals surface area contributed by atoms with Gasteiger partial charge in [-0.3, -0.25) is 0 Å². The zero-order valence-electron chi connectivity index (χ0n) is 9.99. The molecule has 0 bridgehead atoms. The molecular weight excluding hydrogens is 196 g/mol. The van der Waals surface area contributed by atoms with E-state index in [-0.39, 0.29) is 0 Å². The monoisotopic (exact) mass is 216 g/mol. The van der Waals surface area contributed by atoms with Crippen LogP contribution in [0.3, 0.4) is 0 Å². The van der Waals surface area contributed by atoms with Crippen molar-refractivity contribution in [3.05, 3.63) is 35.9 Å². The Bertz CT molecular complexity index is 357. The lowest BCUT2D eigenvalue weighted by molar-refractivity contribution is 0.0506. The summed E-state index contributed by atoms with van der Waals surface area (Å²) < 4.78 is 6.03. The number of hydrogen-bond donors (Lipinski definition) is 0. The zero-order valence-corrected chi connectivity index (χ0v) is 9.99. The van der Waals surface area contributed by atoms with Crippen LogP contribution in [0.25, 0.3) is 0 Å². The molecule has 0 amide bonds. The molecule has 1 saturated carbocycles. The Morgan fingerprint density at radius 2 is 2.00 bits per heavy atom. The fourth-order valence-corrected chi connectivity index (χ4v) is 3.73. The van der Waals surface area contributed by atoms with E-state index in [2.05, 4.69) is 37.3 Å². The number of ether oxygens (including phenoxy) is 1. The Kier molecular flexibility index (Phi) is 2.51. The summed E-state index contributed by atoms with van der Waals surface area (Å²) in [6.45, 7) is 3.30. The molecule has 16 heavy (non-hydrogen) atoms. The molecule has 3 unspecified atom stereocenters. The van der Waals surface area contributed by atoms with Crippen LogP contribution < -0.4 is 0 Å². The van der Waals surface area contributed by atoms with Crippen LogP contribution >= 0.6 is 0 Å². The fourth-order valence-electron chi connectivity index (χ4n) is 3.73. The van der Waals surface area contributed by atoms with Crippen molar-refractivity contribution in [1.82, 2.24) is 0 Å². The summed E-state index contributed by atoms with van der Waals surface area (Å²) in [5, 5.41) is 0. The lowest BCUT2D eigenvalue weighted by Crippen LogP contribution is -2.42. The van der Waals surface area contributed by atoms with Crippen molar-refractivity contribution < 1.29 is 4.74 Å². The third-order valence-electron chi connectivity index (χ3n) is 4.62. The summed E-state index contributed by atoms with van der Waals surface area (Å²) in [5.41, 5.74) is 1.82. The third-order valence-corrected chi connectivity index (χ3v) is 4.62. The van der Waals surface area contributed by atoms with Crippen molar-refractivity contribution in [3.8, 4) is 0 Å². The van der Waals surface area contributed by atoms with Crippen LogP contribution in [0.5, 0.6) is 0 Å². The SMILES string of the molecule is CC1COC2CCCCC12c1ccccc1. The van der Waals surface area contributed by atoms with E-state index in [1.165, 1.54) is 31.2 Å². The highest BCUT2D eigenvalue weighted by atomic mass is 16.5. The van der Waals surface area contributed by atoms with Crippen LogP contribution in [-0.4, -0.2) is 12.7 Å². The van der Waals surface area contributed by atoms with Crippen LogP contribution in [-0.2, 0) is 10.2 Å². The maximum atomic E-state index is 6.03. The van der Waals surface area contributed by atoms with Gasteiger partial charge in [-0.15, -0.1) is 0 Å². The largest absolute Gasteiger partial charge is 0.377 e. The van der Waals surface area contributed by atoms with E-state index in [1.807, 2.05) is 0 Å². The summed E-state index contributed by atoms with van der Waals surface area (Å²) >= 11 is 0. The van der Waals surface area contributed by atoms with Crippen LogP contribution in [0.15, 0.2) is 30.3 Å². The summed E-state index contributed by atoms with van der Waals surface area (Å²) in [6.07, 6.45) is 5.73. The molecule has 3 atom stereocenters. The van der Waals surface area contributed by atoms with Crippen molar-refractivity contribution in [3.63, 3.8) is 0 Å². The molecule has 0 spiro atoms. The predicted octanol–water partition coefficient (Wildman–Crippen LogP) is 3.53. The molecule has 1 aliphatic carbocycles. The second kappa shape index (κ2) is 3.89. The molecule has 1 aromatic rings. The van der Waals surface area contributed by atoms with E-state index in [1.54, 1.807) is 0 Å². The van der Waals surface area contributed by atoms with E-state index in [0.29, 0.717) is 17.4 Å². The minimum atomic E-state index is 0.319. The van der Waals surface area contributed by atoms with E-state index in [4.69, 9.17) is 4.74 Å². The van der Waals surface area contributed by atoms with Gasteiger partial charge in [-0.1, -0.05) is 50.1 Å². The van der Waals surface area contributed by atoms with Crippen molar-refractivity contribution in [2.75, 3.05) is 6.61 Å². The predicted molar refractivity (Wildman–Crippen MR) is 65.5 cm³/mol. The topological polar surface area (TPSA) is 9.23 Å². The van der Waals surface area contributed by atoms with Crippen LogP contribution in [0, 0.1) is 5.92 Å². The van der Waals surface area contributed by atoms with Crippen LogP contribution in [0.1, 0.15) is 38.2 Å². The molecule has 1 heterocycles. The summed E-state index contributed by atoms with van der Waals surface area (Å²) in [4.78, 5) is 0. The van der Waals surface area contributed by atoms with Crippen molar-refractivity contribution in [2.45, 2.75) is 44.1 Å². The summed E-state index contributed by atoms with van der Waals surface area (Å²) in [7, 11) is 0. The molecule has 1 aliphatic heterocycles. The van der Waals surface area contributed by atoms with E-state index >= 15 is 0 Å². The first-order valence-electron chi connectivity index (χ1n) is 6.51. The van der Waals surface area contributed by atoms with Gasteiger partial charge in [0.25, 0.3) is 0 Å². The van der Waals surface area contributed by atoms with Gasteiger partial charge in [0.05, 0.1) is 12.7 Å². The maximum Gasteiger partial charge on any atom is 0.0675 e. The van der Waals surface area contributed by atoms with E-state index in [9.17, 15) is 0 Å². The molecule has 1 heteroatoms. The molecule has 1 saturated heterocycles. The highest BCUT2D eigenvalue weighted by molar-refractivity contribution is 5.30. The molecule has 0 aromatic heterocycles. The Hall–Kier alpha value is -0.820. The Balaban J connectivity index is 2.05. The van der Waals surface area contributed by atoms with Gasteiger partial charge < -0.3 is 4.74 Å². The molecule has 86 valence electrons. The highest BCUT2D eigenvalue weighted by Gasteiger charge is 2.51. The van der Waals surface area contributed by atoms with Gasteiger partial charge in [0.2, 0.25) is 0 Å². The minimum absolute atomic E-state index is 0.319. The number of hydrogen-bond acceptors (Lipinski definition) is 1. The standard InChI is InChI=1S/C15H20O/c1-12-11-16-14-9-5-6-10-15(12,14)13-7-3-2-4-8-13/h2-4,7-8,12,14H,5-6,9-11H2,1H3. The summed E-state index contributed by atoms with van der Waals surface area (Å²) in [5.74, 6) is 0.667. The Morgan fingerprint density at radius 3 is 2.81 bits per heavy atom. The molecule has 0 N–H and O–H groups in total. The van der Waals surface area contributed by atoms with E-state index < -0.39 is 0 Å². The van der Waals surface area contributed by atoms with Gasteiger partial charge >= 0.3 is 0 Å². The normalized spacial score (nSPS) is 38.3. The van der Waals surface area contributed by atoms with Crippen LogP contribution in [0.2, 0.25) is 0 Å². The molecule has 3 rings (SSSR count). The van der Waals surface area contributed by atoms with Gasteiger partial charge in [-0.05, 0) is 24.3 Å². The van der Waals surface area contributed by atoms with Gasteiger partial charge in [-0.2, -0.15) is 0 Å².